The zero-order chi connectivity index (χ0) is 17.2. The first-order valence-electron chi connectivity index (χ1n) is 7.97. The Morgan fingerprint density at radius 1 is 1.08 bits per heavy atom. The third kappa shape index (κ3) is 3.73. The van der Waals surface area contributed by atoms with Crippen LogP contribution < -0.4 is 0 Å². The second-order valence-corrected chi connectivity index (χ2v) is 8.97. The fourth-order valence-corrected chi connectivity index (χ4v) is 5.06. The van der Waals surface area contributed by atoms with E-state index in [0.29, 0.717) is 11.3 Å². The third-order valence-corrected chi connectivity index (χ3v) is 6.68. The van der Waals surface area contributed by atoms with Gasteiger partial charge in [-0.1, -0.05) is 64.0 Å². The molecule has 0 saturated heterocycles. The molecule has 0 aromatic heterocycles. The van der Waals surface area contributed by atoms with E-state index >= 15 is 0 Å². The van der Waals surface area contributed by atoms with E-state index in [1.807, 2.05) is 49.4 Å². The number of aryl methyl sites for hydroxylation is 1. The highest BCUT2D eigenvalue weighted by Crippen LogP contribution is 2.31. The van der Waals surface area contributed by atoms with Gasteiger partial charge in [0.2, 0.25) is 0 Å². The smallest absolute Gasteiger partial charge is 0.264 e. The molecule has 1 atom stereocenters. The van der Waals surface area contributed by atoms with E-state index in [2.05, 4.69) is 15.9 Å². The maximum absolute atomic E-state index is 13.1. The quantitative estimate of drug-likeness (QED) is 0.743. The molecular formula is C19H20BrNO2S. The van der Waals surface area contributed by atoms with Crippen molar-refractivity contribution in [3.8, 4) is 0 Å². The summed E-state index contributed by atoms with van der Waals surface area (Å²) in [6.07, 6.45) is 4.10. The molecule has 1 heterocycles. The number of benzene rings is 2. The zero-order valence-corrected chi connectivity index (χ0v) is 15.9. The number of allylic oxidation sites excluding steroid dienone is 1. The fourth-order valence-electron chi connectivity index (χ4n) is 2.92. The van der Waals surface area contributed by atoms with Gasteiger partial charge in [0, 0.05) is 16.7 Å². The lowest BCUT2D eigenvalue weighted by atomic mass is 10.0. The molecule has 3 rings (SSSR count). The Labute approximate surface area is 152 Å². The average Bonchev–Trinajstić information content (AvgIpc) is 2.58. The van der Waals surface area contributed by atoms with Crippen molar-refractivity contribution in [2.75, 3.05) is 0 Å². The Kier molecular flexibility index (Phi) is 5.11. The van der Waals surface area contributed by atoms with E-state index in [4.69, 9.17) is 0 Å². The predicted molar refractivity (Wildman–Crippen MR) is 100 cm³/mol. The number of hydrogen-bond donors (Lipinski definition) is 0. The van der Waals surface area contributed by atoms with Crippen LogP contribution in [0.4, 0.5) is 0 Å². The highest BCUT2D eigenvalue weighted by atomic mass is 79.9. The maximum atomic E-state index is 13.1. The van der Waals surface area contributed by atoms with Gasteiger partial charge in [-0.25, -0.2) is 8.42 Å². The largest absolute Gasteiger partial charge is 0.269 e. The average molecular weight is 406 g/mol. The summed E-state index contributed by atoms with van der Waals surface area (Å²) in [5, 5.41) is 0. The SMILES string of the molecule is Cc1ccc(S(=O)(=O)N2C=C(Br)CCC2Cc2ccccc2)cc1. The Hall–Kier alpha value is -1.59. The Morgan fingerprint density at radius 2 is 1.75 bits per heavy atom. The lowest BCUT2D eigenvalue weighted by Gasteiger charge is -2.33. The highest BCUT2D eigenvalue weighted by molar-refractivity contribution is 9.11. The first-order valence-corrected chi connectivity index (χ1v) is 10.2. The molecule has 0 spiro atoms. The van der Waals surface area contributed by atoms with Crippen LogP contribution in [0.25, 0.3) is 0 Å². The zero-order valence-electron chi connectivity index (χ0n) is 13.5. The molecule has 2 aromatic rings. The van der Waals surface area contributed by atoms with Crippen molar-refractivity contribution in [3.63, 3.8) is 0 Å². The first-order chi connectivity index (χ1) is 11.5. The van der Waals surface area contributed by atoms with E-state index in [1.165, 1.54) is 4.31 Å². The van der Waals surface area contributed by atoms with E-state index in [1.54, 1.807) is 18.3 Å². The van der Waals surface area contributed by atoms with E-state index in [-0.39, 0.29) is 6.04 Å². The summed E-state index contributed by atoms with van der Waals surface area (Å²) in [7, 11) is -3.55. The van der Waals surface area contributed by atoms with Crippen molar-refractivity contribution >= 4 is 26.0 Å². The van der Waals surface area contributed by atoms with E-state index in [0.717, 1.165) is 28.5 Å². The molecule has 0 amide bonds. The number of halogens is 1. The van der Waals surface area contributed by atoms with Gasteiger partial charge >= 0.3 is 0 Å². The fraction of sp³-hybridized carbons (Fsp3) is 0.263. The van der Waals surface area contributed by atoms with Crippen LogP contribution in [-0.2, 0) is 16.4 Å². The van der Waals surface area contributed by atoms with Gasteiger partial charge in [0.05, 0.1) is 4.90 Å². The maximum Gasteiger partial charge on any atom is 0.264 e. The summed E-state index contributed by atoms with van der Waals surface area (Å²) >= 11 is 3.47. The van der Waals surface area contributed by atoms with Crippen LogP contribution in [-0.4, -0.2) is 18.8 Å². The molecule has 0 bridgehead atoms. The van der Waals surface area contributed by atoms with Crippen molar-refractivity contribution in [1.29, 1.82) is 0 Å². The normalized spacial score (nSPS) is 18.3. The minimum absolute atomic E-state index is 0.0694. The minimum Gasteiger partial charge on any atom is -0.269 e. The predicted octanol–water partition coefficient (Wildman–Crippen LogP) is 4.63. The van der Waals surface area contributed by atoms with Crippen molar-refractivity contribution in [3.05, 3.63) is 76.4 Å². The van der Waals surface area contributed by atoms with Crippen LogP contribution in [0.3, 0.4) is 0 Å². The van der Waals surface area contributed by atoms with Gasteiger partial charge in [0.25, 0.3) is 10.0 Å². The van der Waals surface area contributed by atoms with Gasteiger partial charge in [0.15, 0.2) is 0 Å². The van der Waals surface area contributed by atoms with Gasteiger partial charge in [-0.15, -0.1) is 0 Å². The lowest BCUT2D eigenvalue weighted by Crippen LogP contribution is -2.39. The van der Waals surface area contributed by atoms with Gasteiger partial charge in [0.1, 0.15) is 0 Å². The molecule has 0 saturated carbocycles. The molecule has 126 valence electrons. The summed E-state index contributed by atoms with van der Waals surface area (Å²) in [5.74, 6) is 0. The molecular weight excluding hydrogens is 386 g/mol. The summed E-state index contributed by atoms with van der Waals surface area (Å²) in [6, 6.07) is 17.0. The van der Waals surface area contributed by atoms with Crippen molar-refractivity contribution < 1.29 is 8.42 Å². The van der Waals surface area contributed by atoms with Crippen molar-refractivity contribution in [2.24, 2.45) is 0 Å². The monoisotopic (exact) mass is 405 g/mol. The molecule has 5 heteroatoms. The van der Waals surface area contributed by atoms with Crippen LogP contribution >= 0.6 is 15.9 Å². The minimum atomic E-state index is -3.55. The van der Waals surface area contributed by atoms with E-state index < -0.39 is 10.0 Å². The molecule has 3 nitrogen and oxygen atoms in total. The molecule has 1 aliphatic heterocycles. The molecule has 0 aliphatic carbocycles. The molecule has 1 unspecified atom stereocenters. The molecule has 0 fully saturated rings. The second-order valence-electron chi connectivity index (χ2n) is 6.11. The molecule has 2 aromatic carbocycles. The summed E-state index contributed by atoms with van der Waals surface area (Å²) in [6.45, 7) is 1.95. The topological polar surface area (TPSA) is 37.4 Å². The molecule has 24 heavy (non-hydrogen) atoms. The Balaban J connectivity index is 1.94. The molecule has 0 radical (unpaired) electrons. The summed E-state index contributed by atoms with van der Waals surface area (Å²) in [4.78, 5) is 0.338. The first kappa shape index (κ1) is 17.2. The lowest BCUT2D eigenvalue weighted by molar-refractivity contribution is 0.359. The summed E-state index contributed by atoms with van der Waals surface area (Å²) < 4.78 is 28.7. The molecule has 0 N–H and O–H groups in total. The standard InChI is InChI=1S/C19H20BrNO2S/c1-15-7-11-19(12-8-15)24(22,23)21-14-17(20)9-10-18(21)13-16-5-3-2-4-6-16/h2-8,11-12,14,18H,9-10,13H2,1H3. The summed E-state index contributed by atoms with van der Waals surface area (Å²) in [5.41, 5.74) is 2.20. The Bertz CT molecular complexity index is 829. The van der Waals surface area contributed by atoms with Crippen molar-refractivity contribution in [1.82, 2.24) is 4.31 Å². The Morgan fingerprint density at radius 3 is 2.42 bits per heavy atom. The van der Waals surface area contributed by atoms with E-state index in [9.17, 15) is 8.42 Å². The number of sulfonamides is 1. The van der Waals surface area contributed by atoms with Crippen molar-refractivity contribution in [2.45, 2.75) is 37.1 Å². The highest BCUT2D eigenvalue weighted by Gasteiger charge is 2.31. The van der Waals surface area contributed by atoms with Crippen LogP contribution in [0, 0.1) is 6.92 Å². The van der Waals surface area contributed by atoms with Crippen LogP contribution in [0.1, 0.15) is 24.0 Å². The van der Waals surface area contributed by atoms with Crippen LogP contribution in [0.2, 0.25) is 0 Å². The number of nitrogens with zero attached hydrogens (tertiary/aromatic N) is 1. The third-order valence-electron chi connectivity index (χ3n) is 4.25. The number of rotatable bonds is 4. The van der Waals surface area contributed by atoms with Gasteiger partial charge in [-0.05, 0) is 43.9 Å². The molecule has 1 aliphatic rings. The van der Waals surface area contributed by atoms with Gasteiger partial charge in [-0.3, -0.25) is 4.31 Å². The van der Waals surface area contributed by atoms with Gasteiger partial charge < -0.3 is 0 Å². The van der Waals surface area contributed by atoms with Crippen LogP contribution in [0.5, 0.6) is 0 Å². The number of hydrogen-bond acceptors (Lipinski definition) is 2. The van der Waals surface area contributed by atoms with Crippen LogP contribution in [0.15, 0.2) is 70.2 Å². The van der Waals surface area contributed by atoms with Gasteiger partial charge in [-0.2, -0.15) is 0 Å². The second kappa shape index (κ2) is 7.11.